The second-order valence-electron chi connectivity index (χ2n) is 4.23. The minimum atomic E-state index is -0.00833. The van der Waals surface area contributed by atoms with Crippen LogP contribution in [0.25, 0.3) is 0 Å². The maximum atomic E-state index is 6.26. The molecule has 2 atom stereocenters. The van der Waals surface area contributed by atoms with E-state index in [9.17, 15) is 0 Å². The van der Waals surface area contributed by atoms with Crippen molar-refractivity contribution in [3.8, 4) is 0 Å². The topological polar surface area (TPSA) is 67.6 Å². The number of benzene rings is 1. The Morgan fingerprint density at radius 3 is 2.61 bits per heavy atom. The maximum Gasteiger partial charge on any atom is 0.183 e. The average Bonchev–Trinajstić information content (AvgIpc) is 2.91. The highest BCUT2D eigenvalue weighted by atomic mass is 32.2. The molecule has 5 heteroatoms. The first kappa shape index (κ1) is 13.1. The van der Waals surface area contributed by atoms with Crippen molar-refractivity contribution in [2.45, 2.75) is 36.7 Å². The number of aromatic nitrogens is 3. The molecule has 2 rings (SSSR count). The van der Waals surface area contributed by atoms with Crippen LogP contribution < -0.4 is 5.73 Å². The summed E-state index contributed by atoms with van der Waals surface area (Å²) in [5.74, 6) is 0. The molecule has 0 aliphatic heterocycles. The SMILES string of the molecule is CCc1ccc(C(N)C(C)Sc2ncn[nH]2)cc1. The van der Waals surface area contributed by atoms with E-state index in [1.807, 2.05) is 0 Å². The summed E-state index contributed by atoms with van der Waals surface area (Å²) in [6.45, 7) is 4.25. The molecular weight excluding hydrogens is 244 g/mol. The summed E-state index contributed by atoms with van der Waals surface area (Å²) >= 11 is 1.61. The molecule has 1 aromatic heterocycles. The van der Waals surface area contributed by atoms with Gasteiger partial charge in [-0.05, 0) is 17.5 Å². The van der Waals surface area contributed by atoms with Crippen molar-refractivity contribution in [2.24, 2.45) is 5.73 Å². The quantitative estimate of drug-likeness (QED) is 0.813. The number of nitrogens with one attached hydrogen (secondary N) is 1. The fraction of sp³-hybridized carbons (Fsp3) is 0.385. The van der Waals surface area contributed by atoms with E-state index in [1.165, 1.54) is 11.9 Å². The third-order valence-electron chi connectivity index (χ3n) is 2.97. The van der Waals surface area contributed by atoms with Crippen molar-refractivity contribution >= 4 is 11.8 Å². The molecule has 3 N–H and O–H groups in total. The minimum absolute atomic E-state index is 0.00833. The van der Waals surface area contributed by atoms with Gasteiger partial charge in [-0.15, -0.1) is 0 Å². The van der Waals surface area contributed by atoms with Gasteiger partial charge in [0, 0.05) is 11.3 Å². The van der Waals surface area contributed by atoms with Crippen LogP contribution in [-0.2, 0) is 6.42 Å². The smallest absolute Gasteiger partial charge is 0.183 e. The van der Waals surface area contributed by atoms with Gasteiger partial charge in [0.1, 0.15) is 6.33 Å². The number of aromatic amines is 1. The van der Waals surface area contributed by atoms with Crippen LogP contribution in [0.15, 0.2) is 35.7 Å². The first-order chi connectivity index (χ1) is 8.70. The third-order valence-corrected chi connectivity index (χ3v) is 4.05. The van der Waals surface area contributed by atoms with Gasteiger partial charge in [-0.3, -0.25) is 5.10 Å². The fourth-order valence-corrected chi connectivity index (χ4v) is 2.62. The molecule has 4 nitrogen and oxygen atoms in total. The van der Waals surface area contributed by atoms with Crippen LogP contribution in [0.2, 0.25) is 0 Å². The van der Waals surface area contributed by atoms with E-state index in [-0.39, 0.29) is 11.3 Å². The number of thioether (sulfide) groups is 1. The molecule has 0 aliphatic carbocycles. The number of aryl methyl sites for hydroxylation is 1. The predicted octanol–water partition coefficient (Wildman–Crippen LogP) is 2.55. The zero-order chi connectivity index (χ0) is 13.0. The van der Waals surface area contributed by atoms with Crippen LogP contribution >= 0.6 is 11.8 Å². The normalized spacial score (nSPS) is 14.4. The van der Waals surface area contributed by atoms with Gasteiger partial charge in [-0.2, -0.15) is 5.10 Å². The molecule has 2 unspecified atom stereocenters. The summed E-state index contributed by atoms with van der Waals surface area (Å²) in [7, 11) is 0. The lowest BCUT2D eigenvalue weighted by Crippen LogP contribution is -2.21. The van der Waals surface area contributed by atoms with Gasteiger partial charge in [0.25, 0.3) is 0 Å². The third kappa shape index (κ3) is 3.11. The summed E-state index contributed by atoms with van der Waals surface area (Å²) in [4.78, 5) is 4.10. The van der Waals surface area contributed by atoms with Gasteiger partial charge >= 0.3 is 0 Å². The van der Waals surface area contributed by atoms with Gasteiger partial charge in [0.2, 0.25) is 0 Å². The Morgan fingerprint density at radius 1 is 1.33 bits per heavy atom. The van der Waals surface area contributed by atoms with Gasteiger partial charge in [0.15, 0.2) is 5.16 Å². The van der Waals surface area contributed by atoms with Crippen LogP contribution in [0.5, 0.6) is 0 Å². The van der Waals surface area contributed by atoms with E-state index in [1.54, 1.807) is 11.8 Å². The Bertz CT molecular complexity index is 466. The van der Waals surface area contributed by atoms with Gasteiger partial charge < -0.3 is 5.73 Å². The lowest BCUT2D eigenvalue weighted by Gasteiger charge is -2.18. The highest BCUT2D eigenvalue weighted by molar-refractivity contribution is 7.99. The molecule has 0 radical (unpaired) electrons. The van der Waals surface area contributed by atoms with Gasteiger partial charge in [-0.25, -0.2) is 4.98 Å². The second-order valence-corrected chi connectivity index (χ2v) is 5.60. The first-order valence-electron chi connectivity index (χ1n) is 6.07. The zero-order valence-electron chi connectivity index (χ0n) is 10.6. The molecule has 0 saturated heterocycles. The second kappa shape index (κ2) is 6.02. The molecule has 0 saturated carbocycles. The van der Waals surface area contributed by atoms with Crippen molar-refractivity contribution in [2.75, 3.05) is 0 Å². The lowest BCUT2D eigenvalue weighted by atomic mass is 10.0. The Balaban J connectivity index is 2.02. The molecule has 18 heavy (non-hydrogen) atoms. The summed E-state index contributed by atoms with van der Waals surface area (Å²) in [5, 5.41) is 7.72. The molecule has 0 bridgehead atoms. The largest absolute Gasteiger partial charge is 0.323 e. The molecule has 1 heterocycles. The summed E-state index contributed by atoms with van der Waals surface area (Å²) in [5.41, 5.74) is 8.76. The lowest BCUT2D eigenvalue weighted by molar-refractivity contribution is 0.712. The van der Waals surface area contributed by atoms with Crippen LogP contribution in [0.4, 0.5) is 0 Å². The average molecular weight is 262 g/mol. The van der Waals surface area contributed by atoms with Crippen molar-refractivity contribution in [1.82, 2.24) is 15.2 Å². The molecule has 0 spiro atoms. The maximum absolute atomic E-state index is 6.26. The Labute approximate surface area is 111 Å². The van der Waals surface area contributed by atoms with E-state index >= 15 is 0 Å². The van der Waals surface area contributed by atoms with Gasteiger partial charge in [-0.1, -0.05) is 49.9 Å². The van der Waals surface area contributed by atoms with E-state index in [0.29, 0.717) is 0 Å². The Kier molecular flexibility index (Phi) is 4.38. The Morgan fingerprint density at radius 2 is 2.06 bits per heavy atom. The van der Waals surface area contributed by atoms with Gasteiger partial charge in [0.05, 0.1) is 0 Å². The van der Waals surface area contributed by atoms with E-state index < -0.39 is 0 Å². The molecule has 96 valence electrons. The zero-order valence-corrected chi connectivity index (χ0v) is 11.4. The van der Waals surface area contributed by atoms with Crippen LogP contribution in [-0.4, -0.2) is 20.4 Å². The summed E-state index contributed by atoms with van der Waals surface area (Å²) in [6.07, 6.45) is 2.56. The number of hydrogen-bond donors (Lipinski definition) is 2. The monoisotopic (exact) mass is 262 g/mol. The number of nitrogens with two attached hydrogens (primary N) is 1. The van der Waals surface area contributed by atoms with Crippen LogP contribution in [0.3, 0.4) is 0 Å². The number of rotatable bonds is 5. The standard InChI is InChI=1S/C13H18N4S/c1-3-10-4-6-11(7-5-10)12(14)9(2)18-13-15-8-16-17-13/h4-9,12H,3,14H2,1-2H3,(H,15,16,17). The van der Waals surface area contributed by atoms with Crippen LogP contribution in [0, 0.1) is 0 Å². The summed E-state index contributed by atoms with van der Waals surface area (Å²) in [6, 6.07) is 8.50. The van der Waals surface area contributed by atoms with Crippen LogP contribution in [0.1, 0.15) is 31.0 Å². The van der Waals surface area contributed by atoms with Crippen molar-refractivity contribution in [3.05, 3.63) is 41.7 Å². The van der Waals surface area contributed by atoms with Crippen molar-refractivity contribution in [1.29, 1.82) is 0 Å². The Hall–Kier alpha value is -1.33. The van der Waals surface area contributed by atoms with Crippen molar-refractivity contribution in [3.63, 3.8) is 0 Å². The summed E-state index contributed by atoms with van der Waals surface area (Å²) < 4.78 is 0. The van der Waals surface area contributed by atoms with E-state index in [2.05, 4.69) is 53.3 Å². The molecular formula is C13H18N4S. The molecule has 0 aliphatic rings. The number of H-pyrrole nitrogens is 1. The van der Waals surface area contributed by atoms with E-state index in [4.69, 9.17) is 5.73 Å². The minimum Gasteiger partial charge on any atom is -0.323 e. The van der Waals surface area contributed by atoms with Crippen molar-refractivity contribution < 1.29 is 0 Å². The number of hydrogen-bond acceptors (Lipinski definition) is 4. The highest BCUT2D eigenvalue weighted by Gasteiger charge is 2.17. The molecule has 1 aromatic carbocycles. The fourth-order valence-electron chi connectivity index (χ4n) is 1.75. The predicted molar refractivity (Wildman–Crippen MR) is 74.5 cm³/mol. The molecule has 0 amide bonds. The highest BCUT2D eigenvalue weighted by Crippen LogP contribution is 2.28. The number of nitrogens with zero attached hydrogens (tertiary/aromatic N) is 2. The molecule has 2 aromatic rings. The van der Waals surface area contributed by atoms with E-state index in [0.717, 1.165) is 17.1 Å². The molecule has 0 fully saturated rings. The first-order valence-corrected chi connectivity index (χ1v) is 6.95.